The topological polar surface area (TPSA) is 94.3 Å². The molecule has 9 heteroatoms. The third-order valence-corrected chi connectivity index (χ3v) is 5.85. The fourth-order valence-corrected chi connectivity index (χ4v) is 4.13. The number of nitrogens with one attached hydrogen (secondary N) is 1. The van der Waals surface area contributed by atoms with Crippen LogP contribution in [0.3, 0.4) is 0 Å². The smallest absolute Gasteiger partial charge is 0.227 e. The van der Waals surface area contributed by atoms with Crippen molar-refractivity contribution in [2.24, 2.45) is 4.99 Å². The predicted octanol–water partition coefficient (Wildman–Crippen LogP) is 4.55. The number of hydrogen-bond acceptors (Lipinski definition) is 6. The van der Waals surface area contributed by atoms with Crippen LogP contribution < -0.4 is 10.1 Å². The number of methoxy groups -OCH3 is 1. The highest BCUT2D eigenvalue weighted by Crippen LogP contribution is 2.34. The van der Waals surface area contributed by atoms with Gasteiger partial charge in [-0.25, -0.2) is 0 Å². The quantitative estimate of drug-likeness (QED) is 0.459. The number of aromatic nitrogens is 4. The van der Waals surface area contributed by atoms with E-state index in [2.05, 4.69) is 20.5 Å². The monoisotopic (exact) mass is 472 g/mol. The Balaban J connectivity index is 1.64. The van der Waals surface area contributed by atoms with Gasteiger partial charge in [0.1, 0.15) is 17.6 Å². The molecular weight excluding hydrogens is 452 g/mol. The van der Waals surface area contributed by atoms with Crippen molar-refractivity contribution in [3.05, 3.63) is 94.8 Å². The summed E-state index contributed by atoms with van der Waals surface area (Å²) in [6.45, 7) is 1.88. The molecule has 5 rings (SSSR count). The maximum atomic E-state index is 13.0. The van der Waals surface area contributed by atoms with Crippen LogP contribution in [0.5, 0.6) is 5.75 Å². The highest BCUT2D eigenvalue weighted by molar-refractivity contribution is 6.30. The Morgan fingerprint density at radius 1 is 1.09 bits per heavy atom. The van der Waals surface area contributed by atoms with E-state index >= 15 is 0 Å². The maximum absolute atomic E-state index is 13.0. The van der Waals surface area contributed by atoms with Gasteiger partial charge in [0.15, 0.2) is 5.82 Å². The molecule has 1 amide bonds. The van der Waals surface area contributed by atoms with Gasteiger partial charge in [-0.15, -0.1) is 10.2 Å². The van der Waals surface area contributed by atoms with Crippen LogP contribution in [0, 0.1) is 6.92 Å². The lowest BCUT2D eigenvalue weighted by atomic mass is 10.00. The number of nitrogens with zero attached hydrogens (tertiary/aromatic N) is 5. The van der Waals surface area contributed by atoms with Gasteiger partial charge in [-0.1, -0.05) is 23.7 Å². The lowest BCUT2D eigenvalue weighted by molar-refractivity contribution is -0.116. The highest BCUT2D eigenvalue weighted by atomic mass is 35.5. The molecule has 0 spiro atoms. The molecule has 2 aromatic carbocycles. The van der Waals surface area contributed by atoms with Crippen LogP contribution >= 0.6 is 11.6 Å². The third-order valence-electron chi connectivity index (χ3n) is 5.59. The number of aryl methyl sites for hydroxylation is 1. The molecule has 1 N–H and O–H groups in total. The zero-order valence-electron chi connectivity index (χ0n) is 18.6. The Morgan fingerprint density at radius 2 is 1.85 bits per heavy atom. The minimum Gasteiger partial charge on any atom is -0.497 e. The average molecular weight is 473 g/mol. The molecular formula is C25H21ClN6O2. The van der Waals surface area contributed by atoms with Crippen molar-refractivity contribution in [3.8, 4) is 11.4 Å². The largest absolute Gasteiger partial charge is 0.497 e. The van der Waals surface area contributed by atoms with Gasteiger partial charge in [0.25, 0.3) is 0 Å². The number of fused-ring (bicyclic) bond motifs is 3. The molecule has 34 heavy (non-hydrogen) atoms. The lowest BCUT2D eigenvalue weighted by Crippen LogP contribution is -2.17. The second-order valence-electron chi connectivity index (χ2n) is 7.81. The van der Waals surface area contributed by atoms with E-state index in [-0.39, 0.29) is 12.3 Å². The zero-order valence-corrected chi connectivity index (χ0v) is 19.3. The Bertz CT molecular complexity index is 1380. The van der Waals surface area contributed by atoms with Crippen LogP contribution in [-0.4, -0.2) is 38.5 Å². The number of ether oxygens (including phenoxy) is 1. The summed E-state index contributed by atoms with van der Waals surface area (Å²) in [5.74, 6) is 1.80. The molecule has 0 saturated carbocycles. The second kappa shape index (κ2) is 9.07. The van der Waals surface area contributed by atoms with E-state index < -0.39 is 6.04 Å². The number of pyridine rings is 1. The predicted molar refractivity (Wildman–Crippen MR) is 130 cm³/mol. The van der Waals surface area contributed by atoms with E-state index in [4.69, 9.17) is 21.3 Å². The Labute approximate surface area is 201 Å². The first kappa shape index (κ1) is 21.8. The molecule has 0 fully saturated rings. The van der Waals surface area contributed by atoms with Crippen molar-refractivity contribution >= 4 is 28.9 Å². The van der Waals surface area contributed by atoms with Crippen LogP contribution in [0.4, 0.5) is 5.69 Å². The number of aliphatic imine (C=N–C) groups is 1. The third kappa shape index (κ3) is 4.15. The number of anilines is 1. The van der Waals surface area contributed by atoms with Gasteiger partial charge in [0, 0.05) is 34.2 Å². The minimum atomic E-state index is -0.563. The number of carbonyl (C=O) groups excluding carboxylic acids is 1. The van der Waals surface area contributed by atoms with Crippen LogP contribution in [-0.2, 0) is 4.79 Å². The number of hydrogen-bond donors (Lipinski definition) is 1. The first-order valence-electron chi connectivity index (χ1n) is 10.7. The molecule has 0 saturated heterocycles. The van der Waals surface area contributed by atoms with Gasteiger partial charge in [0.05, 0.1) is 24.9 Å². The lowest BCUT2D eigenvalue weighted by Gasteiger charge is -2.14. The van der Waals surface area contributed by atoms with Gasteiger partial charge < -0.3 is 10.1 Å². The molecule has 170 valence electrons. The van der Waals surface area contributed by atoms with Gasteiger partial charge in [0.2, 0.25) is 5.91 Å². The van der Waals surface area contributed by atoms with Crippen molar-refractivity contribution in [1.29, 1.82) is 0 Å². The Morgan fingerprint density at radius 3 is 2.59 bits per heavy atom. The first-order valence-corrected chi connectivity index (χ1v) is 11.1. The zero-order chi connectivity index (χ0) is 23.7. The number of carbonyl (C=O) groups is 1. The van der Waals surface area contributed by atoms with Crippen LogP contribution in [0.2, 0.25) is 5.02 Å². The molecule has 0 bridgehead atoms. The summed E-state index contributed by atoms with van der Waals surface area (Å²) >= 11 is 6.14. The Hall–Kier alpha value is -4.04. The average Bonchev–Trinajstić information content (AvgIpc) is 3.17. The summed E-state index contributed by atoms with van der Waals surface area (Å²) in [7, 11) is 1.62. The molecule has 0 radical (unpaired) electrons. The molecule has 1 atom stereocenters. The normalized spacial score (nSPS) is 14.4. The van der Waals surface area contributed by atoms with Crippen molar-refractivity contribution in [2.75, 3.05) is 12.4 Å². The van der Waals surface area contributed by atoms with E-state index in [0.717, 1.165) is 22.5 Å². The van der Waals surface area contributed by atoms with Gasteiger partial charge in [-0.05, 0) is 49.4 Å². The first-order chi connectivity index (χ1) is 16.5. The minimum absolute atomic E-state index is 0.0860. The standard InChI is InChI=1S/C25H21ClN6O2/c1-15-30-31-25-21(14-23(33)28-18-9-11-27-12-10-18)29-24(16-3-5-17(26)6-4-16)20-13-19(34-2)7-8-22(20)32(15)25/h3-13,21H,14H2,1-2H3,(H,27,28,33). The van der Waals surface area contributed by atoms with E-state index in [1.165, 1.54) is 0 Å². The van der Waals surface area contributed by atoms with Crippen molar-refractivity contribution in [3.63, 3.8) is 0 Å². The van der Waals surface area contributed by atoms with E-state index in [1.54, 1.807) is 31.6 Å². The van der Waals surface area contributed by atoms with Gasteiger partial charge in [-0.2, -0.15) is 0 Å². The summed E-state index contributed by atoms with van der Waals surface area (Å²) in [5, 5.41) is 12.2. The molecule has 1 unspecified atom stereocenters. The Kier molecular flexibility index (Phi) is 5.81. The summed E-state index contributed by atoms with van der Waals surface area (Å²) in [6, 6.07) is 16.2. The molecule has 4 aromatic rings. The molecule has 1 aliphatic heterocycles. The SMILES string of the molecule is COc1ccc2c(c1)C(c1ccc(Cl)cc1)=NC(CC(=O)Nc1ccncc1)c1nnc(C)n1-2. The van der Waals surface area contributed by atoms with Gasteiger partial charge in [-0.3, -0.25) is 19.3 Å². The molecule has 1 aliphatic rings. The van der Waals surface area contributed by atoms with Gasteiger partial charge >= 0.3 is 0 Å². The van der Waals surface area contributed by atoms with Crippen LogP contribution in [0.15, 0.2) is 72.0 Å². The second-order valence-corrected chi connectivity index (χ2v) is 8.25. The van der Waals surface area contributed by atoms with E-state index in [0.29, 0.717) is 28.1 Å². The summed E-state index contributed by atoms with van der Waals surface area (Å²) < 4.78 is 7.45. The summed E-state index contributed by atoms with van der Waals surface area (Å²) in [4.78, 5) is 22.0. The van der Waals surface area contributed by atoms with Crippen molar-refractivity contribution in [1.82, 2.24) is 19.7 Å². The van der Waals surface area contributed by atoms with Crippen LogP contribution in [0.1, 0.15) is 35.2 Å². The highest BCUT2D eigenvalue weighted by Gasteiger charge is 2.30. The fraction of sp³-hybridized carbons (Fsp3) is 0.160. The maximum Gasteiger partial charge on any atom is 0.227 e. The molecule has 0 aliphatic carbocycles. The summed E-state index contributed by atoms with van der Waals surface area (Å²) in [5.41, 5.74) is 3.97. The molecule has 3 heterocycles. The summed E-state index contributed by atoms with van der Waals surface area (Å²) in [6.07, 6.45) is 3.34. The van der Waals surface area contributed by atoms with E-state index in [1.807, 2.05) is 54.0 Å². The van der Waals surface area contributed by atoms with Crippen molar-refractivity contribution in [2.45, 2.75) is 19.4 Å². The van der Waals surface area contributed by atoms with Crippen molar-refractivity contribution < 1.29 is 9.53 Å². The fourth-order valence-electron chi connectivity index (χ4n) is 4.00. The number of rotatable bonds is 5. The van der Waals surface area contributed by atoms with Crippen LogP contribution in [0.25, 0.3) is 5.69 Å². The molecule has 2 aromatic heterocycles. The van der Waals surface area contributed by atoms with E-state index in [9.17, 15) is 4.79 Å². The number of halogens is 1. The number of benzene rings is 2. The molecule has 8 nitrogen and oxygen atoms in total. The number of amides is 1.